The van der Waals surface area contributed by atoms with Gasteiger partial charge in [0.05, 0.1) is 12.7 Å². The van der Waals surface area contributed by atoms with Crippen molar-refractivity contribution in [1.29, 1.82) is 0 Å². The summed E-state index contributed by atoms with van der Waals surface area (Å²) in [6.07, 6.45) is -0.138. The van der Waals surface area contributed by atoms with Crippen LogP contribution in [0.2, 0.25) is 0 Å². The van der Waals surface area contributed by atoms with E-state index >= 15 is 0 Å². The van der Waals surface area contributed by atoms with Crippen LogP contribution in [0.15, 0.2) is 0 Å². The first-order valence-electron chi connectivity index (χ1n) is 4.43. The molecule has 1 unspecified atom stereocenters. The standard InChI is InChI=1S/C6H13F2O6PS/c1-2-3-4-6(14-15(7,8)9)5-13-16(10,11)12/h6H,2-5H2,1H3,(H,10,11,12). The highest BCUT2D eigenvalue weighted by molar-refractivity contribution is 7.80. The van der Waals surface area contributed by atoms with Gasteiger partial charge in [0.15, 0.2) is 0 Å². The van der Waals surface area contributed by atoms with E-state index in [1.54, 1.807) is 6.92 Å². The average Bonchev–Trinajstić information content (AvgIpc) is 2.06. The predicted molar refractivity (Wildman–Crippen MR) is 51.7 cm³/mol. The third-order valence-corrected chi connectivity index (χ3v) is 2.53. The average molecular weight is 282 g/mol. The Morgan fingerprint density at radius 3 is 2.38 bits per heavy atom. The fourth-order valence-corrected chi connectivity index (χ4v) is 1.77. The maximum atomic E-state index is 12.1. The van der Waals surface area contributed by atoms with E-state index in [1.807, 2.05) is 0 Å². The Morgan fingerprint density at radius 2 is 2.00 bits per heavy atom. The SMILES string of the molecule is CCCCC(COS(=O)(=O)O)OP(=O)(F)F. The molecule has 0 spiro atoms. The van der Waals surface area contributed by atoms with Gasteiger partial charge in [-0.15, -0.1) is 8.39 Å². The summed E-state index contributed by atoms with van der Waals surface area (Å²) < 4.78 is 70.6. The minimum absolute atomic E-state index is 0.0594. The second-order valence-corrected chi connectivity index (χ2v) is 5.13. The minimum Gasteiger partial charge on any atom is -0.274 e. The molecule has 0 amide bonds. The van der Waals surface area contributed by atoms with E-state index < -0.39 is 31.1 Å². The van der Waals surface area contributed by atoms with Gasteiger partial charge in [0, 0.05) is 0 Å². The Bertz CT molecular complexity index is 339. The van der Waals surface area contributed by atoms with Gasteiger partial charge in [-0.05, 0) is 6.42 Å². The molecular weight excluding hydrogens is 269 g/mol. The van der Waals surface area contributed by atoms with Crippen LogP contribution in [0, 0.1) is 0 Å². The first-order chi connectivity index (χ1) is 7.14. The maximum Gasteiger partial charge on any atom is 0.552 e. The molecule has 0 heterocycles. The molecule has 0 aromatic heterocycles. The summed E-state index contributed by atoms with van der Waals surface area (Å²) >= 11 is 0. The van der Waals surface area contributed by atoms with E-state index in [2.05, 4.69) is 8.71 Å². The van der Waals surface area contributed by atoms with Gasteiger partial charge >= 0.3 is 18.4 Å². The third kappa shape index (κ3) is 10.4. The molecule has 10 heteroatoms. The molecule has 0 saturated heterocycles. The Balaban J connectivity index is 4.26. The summed E-state index contributed by atoms with van der Waals surface area (Å²) in [6, 6.07) is 0. The highest BCUT2D eigenvalue weighted by Crippen LogP contribution is 2.51. The number of rotatable bonds is 8. The van der Waals surface area contributed by atoms with Crippen molar-refractivity contribution >= 4 is 18.4 Å². The van der Waals surface area contributed by atoms with Gasteiger partial charge in [-0.3, -0.25) is 9.08 Å². The summed E-state index contributed by atoms with van der Waals surface area (Å²) in [7, 11) is -10.4. The second-order valence-electron chi connectivity index (χ2n) is 3.00. The molecule has 0 rings (SSSR count). The van der Waals surface area contributed by atoms with Crippen LogP contribution < -0.4 is 0 Å². The molecule has 0 saturated carbocycles. The van der Waals surface area contributed by atoms with Crippen molar-refractivity contribution in [2.75, 3.05) is 6.61 Å². The highest BCUT2D eigenvalue weighted by atomic mass is 32.3. The molecular formula is C6H13F2O6PS. The van der Waals surface area contributed by atoms with E-state index in [9.17, 15) is 21.4 Å². The fourth-order valence-electron chi connectivity index (χ4n) is 0.934. The summed E-state index contributed by atoms with van der Waals surface area (Å²) in [5.74, 6) is 0. The largest absolute Gasteiger partial charge is 0.552 e. The summed E-state index contributed by atoms with van der Waals surface area (Å²) in [5, 5.41) is 0. The van der Waals surface area contributed by atoms with Crippen LogP contribution in [-0.2, 0) is 23.7 Å². The quantitative estimate of drug-likeness (QED) is 0.543. The monoisotopic (exact) mass is 282 g/mol. The van der Waals surface area contributed by atoms with E-state index in [-0.39, 0.29) is 6.42 Å². The summed E-state index contributed by atoms with van der Waals surface area (Å²) in [6.45, 7) is 0.988. The van der Waals surface area contributed by atoms with E-state index in [1.165, 1.54) is 0 Å². The van der Waals surface area contributed by atoms with Gasteiger partial charge < -0.3 is 0 Å². The van der Waals surface area contributed by atoms with Gasteiger partial charge in [0.2, 0.25) is 0 Å². The zero-order chi connectivity index (χ0) is 12.8. The van der Waals surface area contributed by atoms with Crippen molar-refractivity contribution in [3.05, 3.63) is 0 Å². The third-order valence-electron chi connectivity index (χ3n) is 1.55. The van der Waals surface area contributed by atoms with Crippen LogP contribution in [0.3, 0.4) is 0 Å². The molecule has 0 aliphatic rings. The molecule has 0 aromatic carbocycles. The molecule has 0 bridgehead atoms. The topological polar surface area (TPSA) is 89.9 Å². The maximum absolute atomic E-state index is 12.1. The normalized spacial score (nSPS) is 15.0. The molecule has 1 N–H and O–H groups in total. The zero-order valence-corrected chi connectivity index (χ0v) is 10.2. The summed E-state index contributed by atoms with van der Waals surface area (Å²) in [4.78, 5) is 0. The molecule has 0 fully saturated rings. The van der Waals surface area contributed by atoms with Crippen LogP contribution in [0.1, 0.15) is 26.2 Å². The van der Waals surface area contributed by atoms with Gasteiger partial charge in [-0.25, -0.2) is 8.75 Å². The molecule has 1 atom stereocenters. The molecule has 0 aromatic rings. The first-order valence-corrected chi connectivity index (χ1v) is 7.21. The highest BCUT2D eigenvalue weighted by Gasteiger charge is 2.27. The lowest BCUT2D eigenvalue weighted by atomic mass is 10.2. The Morgan fingerprint density at radius 1 is 1.44 bits per heavy atom. The van der Waals surface area contributed by atoms with Crippen LogP contribution in [0.5, 0.6) is 0 Å². The lowest BCUT2D eigenvalue weighted by Crippen LogP contribution is -2.20. The lowest BCUT2D eigenvalue weighted by molar-refractivity contribution is 0.0983. The molecule has 98 valence electrons. The van der Waals surface area contributed by atoms with Crippen LogP contribution in [-0.4, -0.2) is 25.7 Å². The molecule has 0 aliphatic heterocycles. The van der Waals surface area contributed by atoms with Crippen molar-refractivity contribution in [1.82, 2.24) is 0 Å². The van der Waals surface area contributed by atoms with Crippen molar-refractivity contribution in [2.45, 2.75) is 32.3 Å². The molecule has 6 nitrogen and oxygen atoms in total. The Hall–Kier alpha value is -0.0800. The van der Waals surface area contributed by atoms with Crippen molar-refractivity contribution in [3.8, 4) is 0 Å². The van der Waals surface area contributed by atoms with Gasteiger partial charge in [0.1, 0.15) is 0 Å². The Kier molecular flexibility index (Phi) is 6.57. The van der Waals surface area contributed by atoms with Crippen LogP contribution >= 0.6 is 7.99 Å². The summed E-state index contributed by atoms with van der Waals surface area (Å²) in [5.41, 5.74) is 0. The van der Waals surface area contributed by atoms with Gasteiger partial charge in [-0.2, -0.15) is 8.42 Å². The smallest absolute Gasteiger partial charge is 0.274 e. The lowest BCUT2D eigenvalue weighted by Gasteiger charge is -2.14. The molecule has 0 radical (unpaired) electrons. The van der Waals surface area contributed by atoms with Crippen molar-refractivity contribution in [2.24, 2.45) is 0 Å². The molecule has 16 heavy (non-hydrogen) atoms. The Labute approximate surface area is 92.6 Å². The first kappa shape index (κ1) is 15.9. The minimum atomic E-state index is -5.70. The van der Waals surface area contributed by atoms with Crippen molar-refractivity contribution < 1.29 is 34.6 Å². The molecule has 0 aliphatic carbocycles. The number of halogens is 2. The van der Waals surface area contributed by atoms with Crippen LogP contribution in [0.4, 0.5) is 8.39 Å². The fraction of sp³-hybridized carbons (Fsp3) is 1.00. The number of unbranched alkanes of at least 4 members (excludes halogenated alkanes) is 1. The van der Waals surface area contributed by atoms with Gasteiger partial charge in [0.25, 0.3) is 0 Å². The van der Waals surface area contributed by atoms with E-state index in [0.29, 0.717) is 12.8 Å². The predicted octanol–water partition coefficient (Wildman–Crippen LogP) is 2.43. The van der Waals surface area contributed by atoms with Gasteiger partial charge in [-0.1, -0.05) is 19.8 Å². The van der Waals surface area contributed by atoms with Crippen LogP contribution in [0.25, 0.3) is 0 Å². The zero-order valence-electron chi connectivity index (χ0n) is 8.51. The number of hydrogen-bond acceptors (Lipinski definition) is 5. The van der Waals surface area contributed by atoms with E-state index in [4.69, 9.17) is 4.55 Å². The second kappa shape index (κ2) is 6.61. The number of hydrogen-bond donors (Lipinski definition) is 1. The van der Waals surface area contributed by atoms with Crippen molar-refractivity contribution in [3.63, 3.8) is 0 Å². The van der Waals surface area contributed by atoms with E-state index in [0.717, 1.165) is 0 Å².